The molecule has 0 saturated carbocycles. The number of rotatable bonds is 9. The number of amides is 2. The van der Waals surface area contributed by atoms with E-state index in [0.29, 0.717) is 13.0 Å². The van der Waals surface area contributed by atoms with Gasteiger partial charge in [-0.15, -0.1) is 0 Å². The third kappa shape index (κ3) is 6.29. The topological polar surface area (TPSA) is 49.4 Å². The highest BCUT2D eigenvalue weighted by Crippen LogP contribution is 2.22. The van der Waals surface area contributed by atoms with Crippen LogP contribution in [0, 0.1) is 12.7 Å². The predicted octanol–water partition coefficient (Wildman–Crippen LogP) is 4.66. The molecule has 0 radical (unpaired) electrons. The highest BCUT2D eigenvalue weighted by Gasteiger charge is 2.29. The van der Waals surface area contributed by atoms with Crippen molar-refractivity contribution in [1.29, 1.82) is 0 Å². The highest BCUT2D eigenvalue weighted by molar-refractivity contribution is 6.31. The van der Waals surface area contributed by atoms with Gasteiger partial charge in [0.25, 0.3) is 0 Å². The summed E-state index contributed by atoms with van der Waals surface area (Å²) >= 11 is 6.11. The minimum Gasteiger partial charge on any atom is -0.354 e. The lowest BCUT2D eigenvalue weighted by molar-refractivity contribution is -0.141. The summed E-state index contributed by atoms with van der Waals surface area (Å²) in [5.41, 5.74) is 2.17. The Bertz CT molecular complexity index is 819. The van der Waals surface area contributed by atoms with Crippen LogP contribution in [0.1, 0.15) is 43.4 Å². The Hall–Kier alpha value is -2.40. The van der Waals surface area contributed by atoms with E-state index in [1.807, 2.05) is 45.0 Å². The van der Waals surface area contributed by atoms with Crippen LogP contribution in [0.2, 0.25) is 5.02 Å². The SMILES string of the molecule is CCCNC(=O)[C@H](CC)N(Cc1ccc(C)cc1)C(=O)Cc1c(F)cccc1Cl. The van der Waals surface area contributed by atoms with Crippen LogP contribution in [-0.4, -0.2) is 29.3 Å². The van der Waals surface area contributed by atoms with Crippen molar-refractivity contribution in [1.82, 2.24) is 10.2 Å². The average molecular weight is 419 g/mol. The maximum Gasteiger partial charge on any atom is 0.242 e. The van der Waals surface area contributed by atoms with Crippen molar-refractivity contribution in [3.05, 3.63) is 70.0 Å². The summed E-state index contributed by atoms with van der Waals surface area (Å²) in [5, 5.41) is 3.07. The van der Waals surface area contributed by atoms with Crippen LogP contribution in [0.3, 0.4) is 0 Å². The summed E-state index contributed by atoms with van der Waals surface area (Å²) in [6.45, 7) is 6.63. The first-order chi connectivity index (χ1) is 13.9. The zero-order valence-corrected chi connectivity index (χ0v) is 17.9. The number of hydrogen-bond donors (Lipinski definition) is 1. The summed E-state index contributed by atoms with van der Waals surface area (Å²) in [6, 6.07) is 11.5. The van der Waals surface area contributed by atoms with Gasteiger partial charge in [0.2, 0.25) is 11.8 Å². The van der Waals surface area contributed by atoms with E-state index < -0.39 is 11.9 Å². The van der Waals surface area contributed by atoms with Crippen LogP contribution in [-0.2, 0) is 22.6 Å². The smallest absolute Gasteiger partial charge is 0.242 e. The van der Waals surface area contributed by atoms with Gasteiger partial charge >= 0.3 is 0 Å². The van der Waals surface area contributed by atoms with Gasteiger partial charge < -0.3 is 10.2 Å². The van der Waals surface area contributed by atoms with E-state index in [-0.39, 0.29) is 35.4 Å². The van der Waals surface area contributed by atoms with Gasteiger partial charge in [-0.2, -0.15) is 0 Å². The molecule has 156 valence electrons. The van der Waals surface area contributed by atoms with E-state index in [4.69, 9.17) is 11.6 Å². The summed E-state index contributed by atoms with van der Waals surface area (Å²) in [4.78, 5) is 27.4. The highest BCUT2D eigenvalue weighted by atomic mass is 35.5. The molecule has 2 aromatic rings. The zero-order chi connectivity index (χ0) is 21.4. The van der Waals surface area contributed by atoms with Crippen LogP contribution < -0.4 is 5.32 Å². The number of nitrogens with one attached hydrogen (secondary N) is 1. The molecule has 0 heterocycles. The lowest BCUT2D eigenvalue weighted by atomic mass is 10.1. The Morgan fingerprint density at radius 3 is 2.41 bits per heavy atom. The number of hydrogen-bond acceptors (Lipinski definition) is 2. The Kier molecular flexibility index (Phi) is 8.65. The molecule has 0 saturated heterocycles. The number of carbonyl (C=O) groups excluding carboxylic acids is 2. The quantitative estimate of drug-likeness (QED) is 0.643. The van der Waals surface area contributed by atoms with Crippen molar-refractivity contribution in [3.63, 3.8) is 0 Å². The fourth-order valence-electron chi connectivity index (χ4n) is 3.13. The molecule has 1 atom stereocenters. The van der Waals surface area contributed by atoms with Gasteiger partial charge in [0.15, 0.2) is 0 Å². The van der Waals surface area contributed by atoms with E-state index in [9.17, 15) is 14.0 Å². The van der Waals surface area contributed by atoms with Gasteiger partial charge in [-0.25, -0.2) is 4.39 Å². The molecule has 0 aliphatic carbocycles. The monoisotopic (exact) mass is 418 g/mol. The second kappa shape index (κ2) is 11.0. The Balaban J connectivity index is 2.32. The number of nitrogens with zero attached hydrogens (tertiary/aromatic N) is 1. The summed E-state index contributed by atoms with van der Waals surface area (Å²) < 4.78 is 14.2. The Morgan fingerprint density at radius 2 is 1.83 bits per heavy atom. The lowest BCUT2D eigenvalue weighted by Crippen LogP contribution is -2.49. The molecule has 2 amide bonds. The molecule has 2 aromatic carbocycles. The van der Waals surface area contributed by atoms with E-state index in [2.05, 4.69) is 5.32 Å². The lowest BCUT2D eigenvalue weighted by Gasteiger charge is -2.31. The second-order valence-corrected chi connectivity index (χ2v) is 7.51. The van der Waals surface area contributed by atoms with Crippen LogP contribution in [0.15, 0.2) is 42.5 Å². The molecule has 0 unspecified atom stereocenters. The van der Waals surface area contributed by atoms with E-state index in [0.717, 1.165) is 17.5 Å². The van der Waals surface area contributed by atoms with Crippen LogP contribution in [0.5, 0.6) is 0 Å². The third-order valence-electron chi connectivity index (χ3n) is 4.80. The number of carbonyl (C=O) groups is 2. The Labute approximate surface area is 177 Å². The number of halogens is 2. The molecule has 0 bridgehead atoms. The van der Waals surface area contributed by atoms with Gasteiger partial charge in [-0.1, -0.05) is 61.3 Å². The first-order valence-electron chi connectivity index (χ1n) is 9.92. The molecule has 1 N–H and O–H groups in total. The minimum atomic E-state index is -0.638. The number of benzene rings is 2. The minimum absolute atomic E-state index is 0.150. The standard InChI is InChI=1S/C23H28ClFN2O2/c1-4-13-26-23(29)21(5-2)27(15-17-11-9-16(3)10-12-17)22(28)14-18-19(24)7-6-8-20(18)25/h6-12,21H,4-5,13-15H2,1-3H3,(H,26,29)/t21-/m0/s1. The second-order valence-electron chi connectivity index (χ2n) is 7.10. The molecule has 0 spiro atoms. The zero-order valence-electron chi connectivity index (χ0n) is 17.2. The largest absolute Gasteiger partial charge is 0.354 e. The van der Waals surface area contributed by atoms with Gasteiger partial charge in [0, 0.05) is 23.7 Å². The molecule has 2 rings (SSSR count). The molecule has 0 aromatic heterocycles. The van der Waals surface area contributed by atoms with Crippen molar-refractivity contribution in [2.75, 3.05) is 6.54 Å². The summed E-state index contributed by atoms with van der Waals surface area (Å²) in [6.07, 6.45) is 1.06. The normalized spacial score (nSPS) is 11.8. The summed E-state index contributed by atoms with van der Waals surface area (Å²) in [7, 11) is 0. The molecule has 6 heteroatoms. The maximum absolute atomic E-state index is 14.2. The molecular weight excluding hydrogens is 391 g/mol. The fraction of sp³-hybridized carbons (Fsp3) is 0.391. The van der Waals surface area contributed by atoms with Crippen molar-refractivity contribution in [2.45, 2.75) is 52.6 Å². The molecule has 0 fully saturated rings. The van der Waals surface area contributed by atoms with Gasteiger partial charge in [-0.05, 0) is 37.5 Å². The average Bonchev–Trinajstić information content (AvgIpc) is 2.70. The molecule has 0 aliphatic heterocycles. The third-order valence-corrected chi connectivity index (χ3v) is 5.15. The molecule has 4 nitrogen and oxygen atoms in total. The van der Waals surface area contributed by atoms with E-state index >= 15 is 0 Å². The van der Waals surface area contributed by atoms with Gasteiger partial charge in [0.05, 0.1) is 6.42 Å². The van der Waals surface area contributed by atoms with Gasteiger partial charge in [0.1, 0.15) is 11.9 Å². The number of aryl methyl sites for hydroxylation is 1. The van der Waals surface area contributed by atoms with Crippen LogP contribution >= 0.6 is 11.6 Å². The van der Waals surface area contributed by atoms with E-state index in [1.165, 1.54) is 17.0 Å². The van der Waals surface area contributed by atoms with Crippen LogP contribution in [0.25, 0.3) is 0 Å². The first kappa shape index (κ1) is 22.9. The molecular formula is C23H28ClFN2O2. The molecule has 0 aliphatic rings. The van der Waals surface area contributed by atoms with Crippen molar-refractivity contribution in [3.8, 4) is 0 Å². The fourth-order valence-corrected chi connectivity index (χ4v) is 3.36. The predicted molar refractivity (Wildman–Crippen MR) is 114 cm³/mol. The molecule has 29 heavy (non-hydrogen) atoms. The summed E-state index contributed by atoms with van der Waals surface area (Å²) in [5.74, 6) is -1.06. The van der Waals surface area contributed by atoms with Gasteiger partial charge in [-0.3, -0.25) is 9.59 Å². The Morgan fingerprint density at radius 1 is 1.14 bits per heavy atom. The van der Waals surface area contributed by atoms with Crippen molar-refractivity contribution in [2.24, 2.45) is 0 Å². The van der Waals surface area contributed by atoms with E-state index in [1.54, 1.807) is 6.07 Å². The van der Waals surface area contributed by atoms with Crippen LogP contribution in [0.4, 0.5) is 4.39 Å². The van der Waals surface area contributed by atoms with Crippen molar-refractivity contribution >= 4 is 23.4 Å². The maximum atomic E-state index is 14.2. The first-order valence-corrected chi connectivity index (χ1v) is 10.3. The van der Waals surface area contributed by atoms with Crippen molar-refractivity contribution < 1.29 is 14.0 Å².